The maximum absolute atomic E-state index is 5.85. The van der Waals surface area contributed by atoms with Crippen molar-refractivity contribution < 1.29 is 14.2 Å². The van der Waals surface area contributed by atoms with Gasteiger partial charge in [-0.2, -0.15) is 0 Å². The molecule has 1 atom stereocenters. The maximum atomic E-state index is 5.85. The van der Waals surface area contributed by atoms with Crippen molar-refractivity contribution in [1.82, 2.24) is 10.2 Å². The zero-order chi connectivity index (χ0) is 22.0. The highest BCUT2D eigenvalue weighted by atomic mass is 127. The molecule has 0 aromatic heterocycles. The van der Waals surface area contributed by atoms with Gasteiger partial charge in [0.15, 0.2) is 17.5 Å². The van der Waals surface area contributed by atoms with Crippen LogP contribution in [0.2, 0.25) is 0 Å². The lowest BCUT2D eigenvalue weighted by Crippen LogP contribution is -2.37. The molecular formula is C25H41IN4O3. The molecule has 1 aromatic carbocycles. The van der Waals surface area contributed by atoms with Gasteiger partial charge >= 0.3 is 0 Å². The van der Waals surface area contributed by atoms with Gasteiger partial charge in [-0.1, -0.05) is 6.92 Å². The minimum Gasteiger partial charge on any atom is -0.490 e. The number of ether oxygens (including phenoxy) is 3. The van der Waals surface area contributed by atoms with Crippen molar-refractivity contribution in [2.24, 2.45) is 16.8 Å². The summed E-state index contributed by atoms with van der Waals surface area (Å²) in [4.78, 5) is 7.49. The summed E-state index contributed by atoms with van der Waals surface area (Å²) in [7, 11) is 0. The second-order valence-corrected chi connectivity index (χ2v) is 9.23. The molecule has 33 heavy (non-hydrogen) atoms. The standard InChI is InChI=1S/C25H40N4O3.HI/c1-2-29-12-3-6-21(18-29)17-27-25(26-11-4-13-30-19-20-7-8-20)28-22-9-10-23-24(16-22)32-15-5-14-31-23;/h9-10,16,20-21H,2-8,11-15,17-19H2,1H3,(H2,26,27,28);1H. The van der Waals surface area contributed by atoms with Crippen LogP contribution in [0.1, 0.15) is 45.4 Å². The van der Waals surface area contributed by atoms with E-state index in [9.17, 15) is 0 Å². The molecule has 8 heteroatoms. The third kappa shape index (κ3) is 9.13. The molecule has 1 aliphatic carbocycles. The van der Waals surface area contributed by atoms with E-state index in [1.165, 1.54) is 32.2 Å². The number of fused-ring (bicyclic) bond motifs is 1. The highest BCUT2D eigenvalue weighted by Gasteiger charge is 2.21. The van der Waals surface area contributed by atoms with E-state index in [0.29, 0.717) is 19.1 Å². The predicted molar refractivity (Wildman–Crippen MR) is 144 cm³/mol. The first-order chi connectivity index (χ1) is 15.8. The number of likely N-dealkylation sites (tertiary alicyclic amines) is 1. The van der Waals surface area contributed by atoms with Gasteiger partial charge in [0.05, 0.1) is 13.2 Å². The van der Waals surface area contributed by atoms with Gasteiger partial charge in [0, 0.05) is 51.0 Å². The van der Waals surface area contributed by atoms with Crippen molar-refractivity contribution in [2.75, 3.05) is 64.5 Å². The normalized spacial score (nSPS) is 21.1. The van der Waals surface area contributed by atoms with Gasteiger partial charge in [-0.25, -0.2) is 0 Å². The number of benzene rings is 1. The lowest BCUT2D eigenvalue weighted by Gasteiger charge is -2.31. The molecule has 2 aliphatic heterocycles. The molecular weight excluding hydrogens is 531 g/mol. The highest BCUT2D eigenvalue weighted by molar-refractivity contribution is 14.0. The Balaban J connectivity index is 0.00000306. The van der Waals surface area contributed by atoms with Crippen LogP contribution in [0.5, 0.6) is 11.5 Å². The van der Waals surface area contributed by atoms with E-state index in [1.54, 1.807) is 0 Å². The molecule has 0 bridgehead atoms. The molecule has 2 heterocycles. The number of piperidine rings is 1. The Morgan fingerprint density at radius 3 is 2.79 bits per heavy atom. The molecule has 3 aliphatic rings. The smallest absolute Gasteiger partial charge is 0.195 e. The molecule has 4 rings (SSSR count). The van der Waals surface area contributed by atoms with E-state index in [4.69, 9.17) is 19.2 Å². The molecule has 2 fully saturated rings. The van der Waals surface area contributed by atoms with E-state index < -0.39 is 0 Å². The summed E-state index contributed by atoms with van der Waals surface area (Å²) in [6, 6.07) is 6.02. The van der Waals surface area contributed by atoms with Gasteiger partial charge in [-0.3, -0.25) is 4.99 Å². The van der Waals surface area contributed by atoms with Crippen LogP contribution in [0.25, 0.3) is 0 Å². The third-order valence-corrected chi connectivity index (χ3v) is 6.38. The van der Waals surface area contributed by atoms with Crippen LogP contribution in [0.15, 0.2) is 23.2 Å². The number of nitrogens with zero attached hydrogens (tertiary/aromatic N) is 2. The molecule has 1 saturated carbocycles. The van der Waals surface area contributed by atoms with E-state index >= 15 is 0 Å². The number of nitrogens with one attached hydrogen (secondary N) is 2. The Morgan fingerprint density at radius 1 is 1.12 bits per heavy atom. The van der Waals surface area contributed by atoms with Gasteiger partial charge in [0.25, 0.3) is 0 Å². The molecule has 2 N–H and O–H groups in total. The molecule has 186 valence electrons. The molecule has 1 aromatic rings. The predicted octanol–water partition coefficient (Wildman–Crippen LogP) is 4.37. The topological polar surface area (TPSA) is 67.4 Å². The number of hydrogen-bond donors (Lipinski definition) is 2. The SMILES string of the molecule is CCN1CCCC(CN=C(NCCCOCC2CC2)Nc2ccc3c(c2)OCCCO3)C1.I. The van der Waals surface area contributed by atoms with Crippen LogP contribution in [-0.2, 0) is 4.74 Å². The van der Waals surface area contributed by atoms with Crippen LogP contribution in [0.4, 0.5) is 5.69 Å². The molecule has 1 saturated heterocycles. The van der Waals surface area contributed by atoms with E-state index in [1.807, 2.05) is 18.2 Å². The molecule has 0 spiro atoms. The fourth-order valence-electron chi connectivity index (χ4n) is 4.24. The van der Waals surface area contributed by atoms with Crippen molar-refractivity contribution in [3.8, 4) is 11.5 Å². The molecule has 1 unspecified atom stereocenters. The van der Waals surface area contributed by atoms with Crippen LogP contribution >= 0.6 is 24.0 Å². The summed E-state index contributed by atoms with van der Waals surface area (Å²) in [6.45, 7) is 10.5. The summed E-state index contributed by atoms with van der Waals surface area (Å²) in [6.07, 6.45) is 7.08. The third-order valence-electron chi connectivity index (χ3n) is 6.38. The van der Waals surface area contributed by atoms with Crippen molar-refractivity contribution in [3.63, 3.8) is 0 Å². The van der Waals surface area contributed by atoms with Crippen molar-refractivity contribution in [2.45, 2.75) is 45.4 Å². The minimum atomic E-state index is 0. The fourth-order valence-corrected chi connectivity index (χ4v) is 4.24. The summed E-state index contributed by atoms with van der Waals surface area (Å²) in [5.74, 6) is 3.88. The monoisotopic (exact) mass is 572 g/mol. The maximum Gasteiger partial charge on any atom is 0.195 e. The summed E-state index contributed by atoms with van der Waals surface area (Å²) in [5.41, 5.74) is 0.962. The lowest BCUT2D eigenvalue weighted by molar-refractivity contribution is 0.123. The number of aliphatic imine (C=N–C) groups is 1. The second kappa shape index (κ2) is 14.2. The molecule has 7 nitrogen and oxygen atoms in total. The average molecular weight is 573 g/mol. The number of guanidine groups is 1. The van der Waals surface area contributed by atoms with Crippen molar-refractivity contribution in [1.29, 1.82) is 0 Å². The summed E-state index contributed by atoms with van der Waals surface area (Å²) in [5, 5.41) is 6.98. The van der Waals surface area contributed by atoms with Gasteiger partial charge in [-0.05, 0) is 69.2 Å². The second-order valence-electron chi connectivity index (χ2n) is 9.23. The van der Waals surface area contributed by atoms with Gasteiger partial charge in [-0.15, -0.1) is 24.0 Å². The average Bonchev–Trinajstić information content (AvgIpc) is 3.66. The number of halogens is 1. The number of hydrogen-bond acceptors (Lipinski definition) is 5. The zero-order valence-corrected chi connectivity index (χ0v) is 22.4. The largest absolute Gasteiger partial charge is 0.490 e. The Labute approximate surface area is 216 Å². The van der Waals surface area contributed by atoms with Gasteiger partial charge in [0.1, 0.15) is 0 Å². The summed E-state index contributed by atoms with van der Waals surface area (Å²) < 4.78 is 17.4. The molecule has 0 radical (unpaired) electrons. The number of rotatable bonds is 10. The van der Waals surface area contributed by atoms with Gasteiger partial charge in [0.2, 0.25) is 0 Å². The van der Waals surface area contributed by atoms with Gasteiger partial charge < -0.3 is 29.7 Å². The van der Waals surface area contributed by atoms with Crippen LogP contribution < -0.4 is 20.1 Å². The zero-order valence-electron chi connectivity index (χ0n) is 20.0. The van der Waals surface area contributed by atoms with E-state index in [0.717, 1.165) is 81.3 Å². The Kier molecular flexibility index (Phi) is 11.3. The van der Waals surface area contributed by atoms with Crippen LogP contribution in [0, 0.1) is 11.8 Å². The van der Waals surface area contributed by atoms with Crippen LogP contribution in [0.3, 0.4) is 0 Å². The number of anilines is 1. The minimum absolute atomic E-state index is 0. The summed E-state index contributed by atoms with van der Waals surface area (Å²) >= 11 is 0. The highest BCUT2D eigenvalue weighted by Crippen LogP contribution is 2.32. The van der Waals surface area contributed by atoms with Crippen molar-refractivity contribution >= 4 is 35.6 Å². The Hall–Kier alpha value is -1.26. The lowest BCUT2D eigenvalue weighted by atomic mass is 9.98. The fraction of sp³-hybridized carbons (Fsp3) is 0.720. The Morgan fingerprint density at radius 2 is 1.97 bits per heavy atom. The molecule has 0 amide bonds. The first kappa shape index (κ1) is 26.3. The van der Waals surface area contributed by atoms with Crippen molar-refractivity contribution in [3.05, 3.63) is 18.2 Å². The van der Waals surface area contributed by atoms with E-state index in [2.05, 4.69) is 22.5 Å². The first-order valence-electron chi connectivity index (χ1n) is 12.5. The van der Waals surface area contributed by atoms with E-state index in [-0.39, 0.29) is 24.0 Å². The Bertz CT molecular complexity index is 744. The first-order valence-corrected chi connectivity index (χ1v) is 12.5. The quantitative estimate of drug-likeness (QED) is 0.188. The van der Waals surface area contributed by atoms with Crippen LogP contribution in [-0.4, -0.2) is 70.0 Å².